The molecule has 92 valence electrons. The zero-order valence-electron chi connectivity index (χ0n) is 9.83. The molecule has 0 radical (unpaired) electrons. The Hall–Kier alpha value is -0.870. The molecule has 1 atom stereocenters. The van der Waals surface area contributed by atoms with E-state index in [9.17, 15) is 4.79 Å². The molecule has 3 nitrogen and oxygen atoms in total. The minimum absolute atomic E-state index is 0.0284. The van der Waals surface area contributed by atoms with Gasteiger partial charge in [-0.05, 0) is 37.5 Å². The van der Waals surface area contributed by atoms with E-state index in [-0.39, 0.29) is 12.0 Å². The summed E-state index contributed by atoms with van der Waals surface area (Å²) in [6, 6.07) is 5.65. The van der Waals surface area contributed by atoms with E-state index in [0.29, 0.717) is 6.54 Å². The third-order valence-electron chi connectivity index (χ3n) is 3.03. The van der Waals surface area contributed by atoms with Crippen molar-refractivity contribution < 1.29 is 9.53 Å². The van der Waals surface area contributed by atoms with Crippen LogP contribution in [-0.2, 0) is 4.74 Å². The van der Waals surface area contributed by atoms with Crippen LogP contribution in [0.25, 0.3) is 0 Å². The number of halogens is 1. The first-order valence-electron chi connectivity index (χ1n) is 5.83. The van der Waals surface area contributed by atoms with Gasteiger partial charge in [-0.2, -0.15) is 0 Å². The molecule has 17 heavy (non-hydrogen) atoms. The summed E-state index contributed by atoms with van der Waals surface area (Å²) in [6.07, 6.45) is 2.32. The van der Waals surface area contributed by atoms with Crippen LogP contribution in [0.5, 0.6) is 0 Å². The van der Waals surface area contributed by atoms with Crippen molar-refractivity contribution >= 4 is 21.8 Å². The van der Waals surface area contributed by atoms with Crippen molar-refractivity contribution in [3.63, 3.8) is 0 Å². The monoisotopic (exact) mass is 297 g/mol. The topological polar surface area (TPSA) is 38.3 Å². The fourth-order valence-corrected chi connectivity index (χ4v) is 2.33. The van der Waals surface area contributed by atoms with Gasteiger partial charge in [0.1, 0.15) is 0 Å². The lowest BCUT2D eigenvalue weighted by atomic mass is 10.1. The number of amides is 1. The minimum atomic E-state index is -0.0284. The van der Waals surface area contributed by atoms with Crippen LogP contribution in [0, 0.1) is 6.92 Å². The Balaban J connectivity index is 1.97. The Kier molecular flexibility index (Phi) is 4.18. The molecule has 1 amide bonds. The fraction of sp³-hybridized carbons (Fsp3) is 0.462. The largest absolute Gasteiger partial charge is 0.376 e. The van der Waals surface area contributed by atoms with Crippen LogP contribution in [0.1, 0.15) is 28.8 Å². The molecule has 1 saturated heterocycles. The minimum Gasteiger partial charge on any atom is -0.376 e. The van der Waals surface area contributed by atoms with E-state index in [1.807, 2.05) is 25.1 Å². The number of benzene rings is 1. The van der Waals surface area contributed by atoms with Crippen molar-refractivity contribution in [2.24, 2.45) is 0 Å². The molecule has 1 fully saturated rings. The molecule has 1 aliphatic heterocycles. The first-order chi connectivity index (χ1) is 8.18. The van der Waals surface area contributed by atoms with E-state index in [2.05, 4.69) is 21.2 Å². The molecule has 1 unspecified atom stereocenters. The summed E-state index contributed by atoms with van der Waals surface area (Å²) < 4.78 is 6.43. The number of carbonyl (C=O) groups is 1. The van der Waals surface area contributed by atoms with Crippen molar-refractivity contribution in [1.82, 2.24) is 5.32 Å². The van der Waals surface area contributed by atoms with E-state index in [4.69, 9.17) is 4.74 Å². The van der Waals surface area contributed by atoms with Gasteiger partial charge in [-0.25, -0.2) is 0 Å². The molecule has 1 heterocycles. The number of hydrogen-bond donors (Lipinski definition) is 1. The number of carbonyl (C=O) groups excluding carboxylic acids is 1. The summed E-state index contributed by atoms with van der Waals surface area (Å²) in [6.45, 7) is 3.35. The summed E-state index contributed by atoms with van der Waals surface area (Å²) >= 11 is 3.43. The number of hydrogen-bond acceptors (Lipinski definition) is 2. The molecule has 1 aromatic carbocycles. The summed E-state index contributed by atoms with van der Waals surface area (Å²) in [4.78, 5) is 12.0. The molecular formula is C13H16BrNO2. The predicted molar refractivity (Wildman–Crippen MR) is 70.2 cm³/mol. The quantitative estimate of drug-likeness (QED) is 0.931. The Morgan fingerprint density at radius 1 is 1.59 bits per heavy atom. The number of ether oxygens (including phenoxy) is 1. The van der Waals surface area contributed by atoms with Crippen LogP contribution in [0.4, 0.5) is 0 Å². The lowest BCUT2D eigenvalue weighted by molar-refractivity contribution is 0.0857. The van der Waals surface area contributed by atoms with Crippen molar-refractivity contribution in [3.05, 3.63) is 33.8 Å². The SMILES string of the molecule is Cc1c(Br)cccc1C(=O)NCC1CCCO1. The summed E-state index contributed by atoms with van der Waals surface area (Å²) in [7, 11) is 0. The van der Waals surface area contributed by atoms with Crippen molar-refractivity contribution in [3.8, 4) is 0 Å². The number of nitrogens with one attached hydrogen (secondary N) is 1. The molecule has 0 spiro atoms. The van der Waals surface area contributed by atoms with E-state index >= 15 is 0 Å². The zero-order chi connectivity index (χ0) is 12.3. The van der Waals surface area contributed by atoms with Crippen LogP contribution < -0.4 is 5.32 Å². The smallest absolute Gasteiger partial charge is 0.251 e. The van der Waals surface area contributed by atoms with E-state index < -0.39 is 0 Å². The van der Waals surface area contributed by atoms with Crippen LogP contribution >= 0.6 is 15.9 Å². The van der Waals surface area contributed by atoms with E-state index in [0.717, 1.165) is 35.0 Å². The van der Waals surface area contributed by atoms with Crippen molar-refractivity contribution in [2.45, 2.75) is 25.9 Å². The van der Waals surface area contributed by atoms with Gasteiger partial charge in [0.05, 0.1) is 6.10 Å². The Labute approximate surface area is 110 Å². The van der Waals surface area contributed by atoms with Gasteiger partial charge >= 0.3 is 0 Å². The average molecular weight is 298 g/mol. The predicted octanol–water partition coefficient (Wildman–Crippen LogP) is 2.67. The first-order valence-corrected chi connectivity index (χ1v) is 6.62. The van der Waals surface area contributed by atoms with Gasteiger partial charge in [-0.15, -0.1) is 0 Å². The molecule has 1 aromatic rings. The second kappa shape index (κ2) is 5.65. The van der Waals surface area contributed by atoms with Gasteiger partial charge < -0.3 is 10.1 Å². The average Bonchev–Trinajstić information content (AvgIpc) is 2.82. The Morgan fingerprint density at radius 3 is 3.12 bits per heavy atom. The second-order valence-electron chi connectivity index (χ2n) is 4.26. The standard InChI is InChI=1S/C13H16BrNO2/c1-9-11(5-2-6-12(9)14)13(16)15-8-10-4-3-7-17-10/h2,5-6,10H,3-4,7-8H2,1H3,(H,15,16). The molecular weight excluding hydrogens is 282 g/mol. The zero-order valence-corrected chi connectivity index (χ0v) is 11.4. The van der Waals surface area contributed by atoms with Crippen LogP contribution in [0.15, 0.2) is 22.7 Å². The van der Waals surface area contributed by atoms with Gasteiger partial charge in [-0.1, -0.05) is 22.0 Å². The fourth-order valence-electron chi connectivity index (χ4n) is 1.96. The Bertz CT molecular complexity index is 414. The van der Waals surface area contributed by atoms with Gasteiger partial charge in [0.15, 0.2) is 0 Å². The maximum atomic E-state index is 12.0. The first kappa shape index (κ1) is 12.6. The summed E-state index contributed by atoms with van der Waals surface area (Å²) in [5.41, 5.74) is 1.69. The van der Waals surface area contributed by atoms with Gasteiger partial charge in [0, 0.05) is 23.2 Å². The molecule has 0 bridgehead atoms. The highest BCUT2D eigenvalue weighted by Gasteiger charge is 2.17. The molecule has 1 N–H and O–H groups in total. The van der Waals surface area contributed by atoms with Crippen LogP contribution in [0.2, 0.25) is 0 Å². The third kappa shape index (κ3) is 3.07. The second-order valence-corrected chi connectivity index (χ2v) is 5.11. The molecule has 0 saturated carbocycles. The summed E-state index contributed by atoms with van der Waals surface area (Å²) in [5, 5.41) is 2.92. The van der Waals surface area contributed by atoms with Gasteiger partial charge in [0.25, 0.3) is 5.91 Å². The van der Waals surface area contributed by atoms with Crippen molar-refractivity contribution in [2.75, 3.05) is 13.2 Å². The maximum absolute atomic E-state index is 12.0. The lowest BCUT2D eigenvalue weighted by Gasteiger charge is -2.12. The van der Waals surface area contributed by atoms with Gasteiger partial charge in [0.2, 0.25) is 0 Å². The highest BCUT2D eigenvalue weighted by atomic mass is 79.9. The molecule has 2 rings (SSSR count). The van der Waals surface area contributed by atoms with Crippen LogP contribution in [0.3, 0.4) is 0 Å². The van der Waals surface area contributed by atoms with E-state index in [1.165, 1.54) is 0 Å². The van der Waals surface area contributed by atoms with E-state index in [1.54, 1.807) is 0 Å². The Morgan fingerprint density at radius 2 is 2.41 bits per heavy atom. The normalized spacial score (nSPS) is 19.3. The third-order valence-corrected chi connectivity index (χ3v) is 3.89. The maximum Gasteiger partial charge on any atom is 0.251 e. The van der Waals surface area contributed by atoms with Crippen LogP contribution in [-0.4, -0.2) is 25.2 Å². The van der Waals surface area contributed by atoms with Crippen molar-refractivity contribution in [1.29, 1.82) is 0 Å². The molecule has 0 aromatic heterocycles. The highest BCUT2D eigenvalue weighted by molar-refractivity contribution is 9.10. The summed E-state index contributed by atoms with van der Waals surface area (Å²) in [5.74, 6) is -0.0284. The molecule has 0 aliphatic carbocycles. The van der Waals surface area contributed by atoms with Gasteiger partial charge in [-0.3, -0.25) is 4.79 Å². The number of rotatable bonds is 3. The molecule has 1 aliphatic rings. The molecule has 4 heteroatoms. The lowest BCUT2D eigenvalue weighted by Crippen LogP contribution is -2.32. The highest BCUT2D eigenvalue weighted by Crippen LogP contribution is 2.19.